The summed E-state index contributed by atoms with van der Waals surface area (Å²) in [5, 5.41) is 5.06. The summed E-state index contributed by atoms with van der Waals surface area (Å²) in [5.41, 5.74) is 2.97. The van der Waals surface area contributed by atoms with E-state index < -0.39 is 9.84 Å². The molecule has 0 aliphatic rings. The maximum Gasteiger partial charge on any atom is 0.225 e. The van der Waals surface area contributed by atoms with Gasteiger partial charge in [-0.25, -0.2) is 8.42 Å². The molecule has 0 saturated carbocycles. The van der Waals surface area contributed by atoms with Crippen molar-refractivity contribution in [1.29, 1.82) is 0 Å². The molecule has 0 unspecified atom stereocenters. The zero-order valence-corrected chi connectivity index (χ0v) is 16.8. The first kappa shape index (κ1) is 19.4. The lowest BCUT2D eigenvalue weighted by molar-refractivity contribution is -0.115. The zero-order chi connectivity index (χ0) is 19.6. The molecule has 0 atom stereocenters. The summed E-state index contributed by atoms with van der Waals surface area (Å²) in [7, 11) is -3.20. The van der Waals surface area contributed by atoms with E-state index in [1.807, 2.05) is 44.2 Å². The number of benzene rings is 2. The van der Waals surface area contributed by atoms with Crippen molar-refractivity contribution in [2.45, 2.75) is 33.7 Å². The van der Waals surface area contributed by atoms with Gasteiger partial charge >= 0.3 is 0 Å². The molecule has 0 radical (unpaired) electrons. The third kappa shape index (κ3) is 4.33. The Bertz CT molecular complexity index is 1080. The van der Waals surface area contributed by atoms with E-state index >= 15 is 0 Å². The van der Waals surface area contributed by atoms with E-state index in [1.54, 1.807) is 0 Å². The Labute approximate surface area is 160 Å². The first-order chi connectivity index (χ1) is 12.8. The van der Waals surface area contributed by atoms with Crippen LogP contribution in [0.25, 0.3) is 21.8 Å². The summed E-state index contributed by atoms with van der Waals surface area (Å²) in [4.78, 5) is 12.2. The molecule has 1 aromatic heterocycles. The predicted octanol–water partition coefficient (Wildman–Crippen LogP) is 4.21. The molecule has 1 heterocycles. The smallest absolute Gasteiger partial charge is 0.225 e. The number of amides is 1. The predicted molar refractivity (Wildman–Crippen MR) is 112 cm³/mol. The molecule has 6 heteroatoms. The van der Waals surface area contributed by atoms with Gasteiger partial charge in [-0.2, -0.15) is 0 Å². The number of aryl methyl sites for hydroxylation is 1. The molecule has 0 aliphatic carbocycles. The van der Waals surface area contributed by atoms with Crippen LogP contribution in [-0.2, 0) is 21.2 Å². The summed E-state index contributed by atoms with van der Waals surface area (Å²) in [6.45, 7) is 6.70. The van der Waals surface area contributed by atoms with Crippen molar-refractivity contribution in [3.63, 3.8) is 0 Å². The molecule has 3 aromatic rings. The molecule has 2 aromatic carbocycles. The largest absolute Gasteiger partial charge is 0.341 e. The third-order valence-electron chi connectivity index (χ3n) is 4.60. The van der Waals surface area contributed by atoms with Gasteiger partial charge in [-0.05, 0) is 37.1 Å². The number of carbonyl (C=O) groups is 1. The van der Waals surface area contributed by atoms with E-state index in [1.165, 1.54) is 5.52 Å². The average Bonchev–Trinajstić information content (AvgIpc) is 2.92. The minimum Gasteiger partial charge on any atom is -0.341 e. The second-order valence-electron chi connectivity index (χ2n) is 7.30. The molecule has 0 bridgehead atoms. The maximum atomic E-state index is 12.2. The van der Waals surface area contributed by atoms with Crippen molar-refractivity contribution in [3.05, 3.63) is 42.5 Å². The number of hydrogen-bond acceptors (Lipinski definition) is 3. The molecule has 1 amide bonds. The first-order valence-electron chi connectivity index (χ1n) is 9.32. The van der Waals surface area contributed by atoms with Gasteiger partial charge in [0, 0.05) is 40.5 Å². The minimum atomic E-state index is -3.20. The van der Waals surface area contributed by atoms with E-state index in [4.69, 9.17) is 0 Å². The van der Waals surface area contributed by atoms with Gasteiger partial charge < -0.3 is 9.88 Å². The van der Waals surface area contributed by atoms with Crippen molar-refractivity contribution in [1.82, 2.24) is 4.57 Å². The monoisotopic (exact) mass is 386 g/mol. The average molecular weight is 387 g/mol. The van der Waals surface area contributed by atoms with Crippen LogP contribution >= 0.6 is 0 Å². The summed E-state index contributed by atoms with van der Waals surface area (Å²) < 4.78 is 26.2. The Balaban J connectivity index is 1.80. The molecular weight excluding hydrogens is 360 g/mol. The minimum absolute atomic E-state index is 0.0240. The van der Waals surface area contributed by atoms with Gasteiger partial charge in [0.2, 0.25) is 5.91 Å². The molecule has 0 spiro atoms. The number of anilines is 1. The second kappa shape index (κ2) is 7.72. The van der Waals surface area contributed by atoms with Crippen LogP contribution in [0.4, 0.5) is 5.69 Å². The fourth-order valence-electron chi connectivity index (χ4n) is 3.54. The summed E-state index contributed by atoms with van der Waals surface area (Å²) in [6.07, 6.45) is -0.0240. The van der Waals surface area contributed by atoms with Crippen LogP contribution in [0, 0.1) is 5.92 Å². The van der Waals surface area contributed by atoms with E-state index in [2.05, 4.69) is 28.9 Å². The topological polar surface area (TPSA) is 68.2 Å². The quantitative estimate of drug-likeness (QED) is 0.661. The van der Waals surface area contributed by atoms with Crippen molar-refractivity contribution in [3.8, 4) is 0 Å². The highest BCUT2D eigenvalue weighted by Gasteiger charge is 2.16. The number of para-hydroxylation sites is 1. The van der Waals surface area contributed by atoms with E-state index in [0.29, 0.717) is 5.69 Å². The van der Waals surface area contributed by atoms with Crippen molar-refractivity contribution < 1.29 is 13.2 Å². The molecule has 5 nitrogen and oxygen atoms in total. The molecule has 1 N–H and O–H groups in total. The molecule has 144 valence electrons. The maximum absolute atomic E-state index is 12.2. The lowest BCUT2D eigenvalue weighted by Gasteiger charge is -2.08. The van der Waals surface area contributed by atoms with E-state index in [-0.39, 0.29) is 29.8 Å². The van der Waals surface area contributed by atoms with Crippen LogP contribution in [0.15, 0.2) is 42.5 Å². The van der Waals surface area contributed by atoms with Gasteiger partial charge in [0.15, 0.2) is 9.84 Å². The van der Waals surface area contributed by atoms with E-state index in [9.17, 15) is 13.2 Å². The number of nitrogens with one attached hydrogen (secondary N) is 1. The normalized spacial score (nSPS) is 12.1. The molecular formula is C21H26N2O3S. The van der Waals surface area contributed by atoms with Crippen LogP contribution in [0.3, 0.4) is 0 Å². The van der Waals surface area contributed by atoms with Gasteiger partial charge in [0.25, 0.3) is 0 Å². The fraction of sp³-hybridized carbons (Fsp3) is 0.381. The number of nitrogens with zero attached hydrogens (tertiary/aromatic N) is 1. The Morgan fingerprint density at radius 1 is 1.07 bits per heavy atom. The number of sulfone groups is 1. The van der Waals surface area contributed by atoms with Gasteiger partial charge in [-0.3, -0.25) is 4.79 Å². The zero-order valence-electron chi connectivity index (χ0n) is 16.0. The third-order valence-corrected chi connectivity index (χ3v) is 6.60. The number of carbonyl (C=O) groups excluding carboxylic acids is 1. The molecule has 0 fully saturated rings. The van der Waals surface area contributed by atoms with Crippen LogP contribution in [0.1, 0.15) is 27.2 Å². The Hall–Kier alpha value is -2.34. The SMILES string of the molecule is CCn1c2ccccc2c2cc(NC(=O)CCS(=O)(=O)CC(C)C)ccc21. The van der Waals surface area contributed by atoms with Crippen molar-refractivity contribution in [2.75, 3.05) is 16.8 Å². The Kier molecular flexibility index (Phi) is 5.56. The van der Waals surface area contributed by atoms with E-state index in [0.717, 1.165) is 22.8 Å². The first-order valence-corrected chi connectivity index (χ1v) is 11.1. The summed E-state index contributed by atoms with van der Waals surface area (Å²) >= 11 is 0. The number of aromatic nitrogens is 1. The Morgan fingerprint density at radius 2 is 1.78 bits per heavy atom. The molecule has 27 heavy (non-hydrogen) atoms. The fourth-order valence-corrected chi connectivity index (χ4v) is 5.21. The standard InChI is InChI=1S/C21H26N2O3S/c1-4-23-19-8-6-5-7-17(19)18-13-16(9-10-20(18)23)22-21(24)11-12-27(25,26)14-15(2)3/h5-10,13,15H,4,11-12,14H2,1-3H3,(H,22,24). The molecule has 0 saturated heterocycles. The van der Waals surface area contributed by atoms with Crippen LogP contribution in [0.2, 0.25) is 0 Å². The van der Waals surface area contributed by atoms with Crippen LogP contribution < -0.4 is 5.32 Å². The number of hydrogen-bond donors (Lipinski definition) is 1. The highest BCUT2D eigenvalue weighted by atomic mass is 32.2. The van der Waals surface area contributed by atoms with Gasteiger partial charge in [0.1, 0.15) is 0 Å². The van der Waals surface area contributed by atoms with Gasteiger partial charge in [-0.15, -0.1) is 0 Å². The number of fused-ring (bicyclic) bond motifs is 3. The molecule has 3 rings (SSSR count). The molecule has 0 aliphatic heterocycles. The van der Waals surface area contributed by atoms with Crippen molar-refractivity contribution in [2.24, 2.45) is 5.92 Å². The van der Waals surface area contributed by atoms with Gasteiger partial charge in [0.05, 0.1) is 11.5 Å². The Morgan fingerprint density at radius 3 is 2.48 bits per heavy atom. The van der Waals surface area contributed by atoms with Crippen molar-refractivity contribution >= 4 is 43.2 Å². The summed E-state index contributed by atoms with van der Waals surface area (Å²) in [5.74, 6) is -0.214. The summed E-state index contributed by atoms with van der Waals surface area (Å²) in [6, 6.07) is 14.0. The lowest BCUT2D eigenvalue weighted by Crippen LogP contribution is -2.20. The second-order valence-corrected chi connectivity index (χ2v) is 9.53. The number of rotatable bonds is 7. The highest BCUT2D eigenvalue weighted by Crippen LogP contribution is 2.31. The lowest BCUT2D eigenvalue weighted by atomic mass is 10.1. The highest BCUT2D eigenvalue weighted by molar-refractivity contribution is 7.91. The van der Waals surface area contributed by atoms with Gasteiger partial charge in [-0.1, -0.05) is 32.0 Å². The van der Waals surface area contributed by atoms with Crippen LogP contribution in [-0.4, -0.2) is 30.4 Å². The van der Waals surface area contributed by atoms with Crippen LogP contribution in [0.5, 0.6) is 0 Å².